The summed E-state index contributed by atoms with van der Waals surface area (Å²) < 4.78 is 27.9. The average molecular weight is 470 g/mol. The second-order valence-electron chi connectivity index (χ2n) is 8.41. The number of rotatable bonds is 6. The fraction of sp³-hybridized carbons (Fsp3) is 0.375. The number of carbonyl (C=O) groups excluding carboxylic acids is 3. The molecule has 1 N–H and O–H groups in total. The topological polar surface area (TPSA) is 104 Å². The second-order valence-corrected chi connectivity index (χ2v) is 10.3. The number of hydrogen-bond donors (Lipinski definition) is 1. The first-order valence-corrected chi connectivity index (χ1v) is 12.6. The smallest absolute Gasteiger partial charge is 0.261 e. The van der Waals surface area contributed by atoms with E-state index in [1.807, 2.05) is 6.92 Å². The number of nitrogens with one attached hydrogen (secondary N) is 1. The third kappa shape index (κ3) is 4.30. The highest BCUT2D eigenvalue weighted by atomic mass is 32.2. The number of carbonyl (C=O) groups is 3. The van der Waals surface area contributed by atoms with Gasteiger partial charge < -0.3 is 5.32 Å². The number of amides is 3. The molecule has 4 rings (SSSR count). The summed E-state index contributed by atoms with van der Waals surface area (Å²) in [6.07, 6.45) is 4.96. The molecule has 0 saturated heterocycles. The third-order valence-electron chi connectivity index (χ3n) is 6.36. The molecule has 1 aliphatic carbocycles. The molecule has 2 aromatic rings. The zero-order valence-corrected chi connectivity index (χ0v) is 19.5. The highest BCUT2D eigenvalue weighted by Crippen LogP contribution is 2.28. The van der Waals surface area contributed by atoms with Crippen LogP contribution in [0.15, 0.2) is 47.4 Å². The van der Waals surface area contributed by atoms with Crippen LogP contribution in [0.5, 0.6) is 0 Å². The van der Waals surface area contributed by atoms with E-state index in [1.54, 1.807) is 10.4 Å². The first-order valence-electron chi connectivity index (χ1n) is 11.1. The lowest BCUT2D eigenvalue weighted by Crippen LogP contribution is -2.41. The third-order valence-corrected chi connectivity index (χ3v) is 8.41. The van der Waals surface area contributed by atoms with E-state index in [0.29, 0.717) is 17.8 Å². The molecule has 0 radical (unpaired) electrons. The van der Waals surface area contributed by atoms with Crippen molar-refractivity contribution in [3.8, 4) is 0 Å². The fourth-order valence-electron chi connectivity index (χ4n) is 4.55. The lowest BCUT2D eigenvalue weighted by atomic mass is 9.95. The first-order chi connectivity index (χ1) is 15.7. The summed E-state index contributed by atoms with van der Waals surface area (Å²) in [4.78, 5) is 38.1. The summed E-state index contributed by atoms with van der Waals surface area (Å²) in [6, 6.07) is 10.4. The summed E-state index contributed by atoms with van der Waals surface area (Å²) in [5.41, 5.74) is 1.20. The number of imide groups is 1. The maximum atomic E-state index is 13.2. The van der Waals surface area contributed by atoms with Crippen molar-refractivity contribution in [2.45, 2.75) is 50.0 Å². The number of nitrogens with zero attached hydrogens (tertiary/aromatic N) is 2. The predicted molar refractivity (Wildman–Crippen MR) is 124 cm³/mol. The average Bonchev–Trinajstić information content (AvgIpc) is 3.03. The summed E-state index contributed by atoms with van der Waals surface area (Å²) >= 11 is 0. The Kier molecular flexibility index (Phi) is 6.36. The van der Waals surface area contributed by atoms with Crippen LogP contribution in [-0.2, 0) is 10.0 Å². The minimum absolute atomic E-state index is 0.0187. The molecule has 174 valence electrons. The van der Waals surface area contributed by atoms with Crippen LogP contribution in [0.2, 0.25) is 0 Å². The molecule has 9 heteroatoms. The standard InChI is InChI=1S/C24H27N3O5S/c1-3-27(18-7-5-4-6-8-18)33(31,32)19-12-9-16(10-13-19)22(28)25-17-11-14-20-21(15-17)24(30)26(2)23(20)29/h9-15,18H,3-8H2,1-2H3,(H,25,28). The maximum Gasteiger partial charge on any atom is 0.261 e. The number of sulfonamides is 1. The second kappa shape index (κ2) is 9.07. The van der Waals surface area contributed by atoms with Crippen molar-refractivity contribution in [2.75, 3.05) is 18.9 Å². The van der Waals surface area contributed by atoms with Crippen molar-refractivity contribution >= 4 is 33.4 Å². The molecular weight excluding hydrogens is 442 g/mol. The van der Waals surface area contributed by atoms with E-state index in [-0.39, 0.29) is 28.0 Å². The molecule has 0 aromatic heterocycles. The highest BCUT2D eigenvalue weighted by molar-refractivity contribution is 7.89. The van der Waals surface area contributed by atoms with Gasteiger partial charge in [0.1, 0.15) is 0 Å². The lowest BCUT2D eigenvalue weighted by molar-refractivity contribution is 0.0692. The van der Waals surface area contributed by atoms with Crippen LogP contribution < -0.4 is 5.32 Å². The first kappa shape index (κ1) is 23.1. The molecule has 33 heavy (non-hydrogen) atoms. The minimum atomic E-state index is -3.65. The van der Waals surface area contributed by atoms with E-state index >= 15 is 0 Å². The summed E-state index contributed by atoms with van der Waals surface area (Å²) in [5, 5.41) is 2.70. The molecule has 0 bridgehead atoms. The van der Waals surface area contributed by atoms with Gasteiger partial charge >= 0.3 is 0 Å². The molecule has 2 aromatic carbocycles. The van der Waals surface area contributed by atoms with Crippen LogP contribution >= 0.6 is 0 Å². The quantitative estimate of drug-likeness (QED) is 0.652. The van der Waals surface area contributed by atoms with Gasteiger partial charge in [-0.25, -0.2) is 8.42 Å². The van der Waals surface area contributed by atoms with E-state index in [1.165, 1.54) is 43.4 Å². The number of fused-ring (bicyclic) bond motifs is 1. The number of benzene rings is 2. The molecule has 3 amide bonds. The Bertz CT molecular complexity index is 1200. The Morgan fingerprint density at radius 3 is 2.27 bits per heavy atom. The molecule has 1 fully saturated rings. The SMILES string of the molecule is CCN(C1CCCCC1)S(=O)(=O)c1ccc(C(=O)Nc2ccc3c(c2)C(=O)N(C)C3=O)cc1. The Morgan fingerprint density at radius 1 is 1.00 bits per heavy atom. The van der Waals surface area contributed by atoms with Crippen molar-refractivity contribution in [3.63, 3.8) is 0 Å². The van der Waals surface area contributed by atoms with Crippen molar-refractivity contribution in [1.29, 1.82) is 0 Å². The van der Waals surface area contributed by atoms with Crippen LogP contribution in [0.1, 0.15) is 70.1 Å². The molecule has 1 heterocycles. The highest BCUT2D eigenvalue weighted by Gasteiger charge is 2.33. The molecule has 0 spiro atoms. The fourth-order valence-corrected chi connectivity index (χ4v) is 6.24. The van der Waals surface area contributed by atoms with E-state index < -0.39 is 21.8 Å². The van der Waals surface area contributed by atoms with Gasteiger partial charge in [-0.3, -0.25) is 19.3 Å². The van der Waals surface area contributed by atoms with Crippen molar-refractivity contribution in [3.05, 3.63) is 59.2 Å². The van der Waals surface area contributed by atoms with Crippen LogP contribution in [0, 0.1) is 0 Å². The largest absolute Gasteiger partial charge is 0.322 e. The maximum absolute atomic E-state index is 13.2. The zero-order valence-electron chi connectivity index (χ0n) is 18.7. The Balaban J connectivity index is 1.50. The van der Waals surface area contributed by atoms with E-state index in [0.717, 1.165) is 37.0 Å². The van der Waals surface area contributed by atoms with Gasteiger partial charge in [0, 0.05) is 30.9 Å². The van der Waals surface area contributed by atoms with Crippen LogP contribution in [0.4, 0.5) is 5.69 Å². The minimum Gasteiger partial charge on any atom is -0.322 e. The molecule has 1 saturated carbocycles. The van der Waals surface area contributed by atoms with E-state index in [2.05, 4.69) is 5.32 Å². The van der Waals surface area contributed by atoms with Crippen molar-refractivity contribution < 1.29 is 22.8 Å². The van der Waals surface area contributed by atoms with Crippen LogP contribution in [0.25, 0.3) is 0 Å². The molecule has 0 atom stereocenters. The molecule has 1 aliphatic heterocycles. The molecule has 8 nitrogen and oxygen atoms in total. The van der Waals surface area contributed by atoms with Gasteiger partial charge in [-0.2, -0.15) is 4.31 Å². The predicted octanol–water partition coefficient (Wildman–Crippen LogP) is 3.51. The summed E-state index contributed by atoms with van der Waals surface area (Å²) in [7, 11) is -2.24. The molecule has 2 aliphatic rings. The van der Waals surface area contributed by atoms with Gasteiger partial charge in [0.05, 0.1) is 16.0 Å². The van der Waals surface area contributed by atoms with Gasteiger partial charge in [-0.15, -0.1) is 0 Å². The van der Waals surface area contributed by atoms with E-state index in [4.69, 9.17) is 0 Å². The Labute approximate surface area is 193 Å². The molecule has 0 unspecified atom stereocenters. The lowest BCUT2D eigenvalue weighted by Gasteiger charge is -2.32. The normalized spacial score (nSPS) is 16.9. The van der Waals surface area contributed by atoms with Gasteiger partial charge in [-0.1, -0.05) is 26.2 Å². The zero-order chi connectivity index (χ0) is 23.8. The van der Waals surface area contributed by atoms with Crippen molar-refractivity contribution in [1.82, 2.24) is 9.21 Å². The van der Waals surface area contributed by atoms with Gasteiger partial charge in [0.2, 0.25) is 10.0 Å². The molecular formula is C24H27N3O5S. The van der Waals surface area contributed by atoms with Crippen molar-refractivity contribution in [2.24, 2.45) is 0 Å². The van der Waals surface area contributed by atoms with E-state index in [9.17, 15) is 22.8 Å². The number of anilines is 1. The Hall–Kier alpha value is -3.04. The Morgan fingerprint density at radius 2 is 1.64 bits per heavy atom. The summed E-state index contributed by atoms with van der Waals surface area (Å²) in [6.45, 7) is 2.25. The van der Waals surface area contributed by atoms with Gasteiger partial charge in [-0.05, 0) is 55.3 Å². The number of hydrogen-bond acceptors (Lipinski definition) is 5. The van der Waals surface area contributed by atoms with Gasteiger partial charge in [0.15, 0.2) is 0 Å². The van der Waals surface area contributed by atoms with Gasteiger partial charge in [0.25, 0.3) is 17.7 Å². The van der Waals surface area contributed by atoms with Crippen LogP contribution in [0.3, 0.4) is 0 Å². The summed E-state index contributed by atoms with van der Waals surface area (Å²) in [5.74, 6) is -1.23. The van der Waals surface area contributed by atoms with Crippen LogP contribution in [-0.4, -0.2) is 55.0 Å². The monoisotopic (exact) mass is 469 g/mol.